The van der Waals surface area contributed by atoms with E-state index < -0.39 is 35.2 Å². The Hall–Kier alpha value is 1.38. The van der Waals surface area contributed by atoms with Crippen LogP contribution in [0.1, 0.15) is 25.7 Å². The van der Waals surface area contributed by atoms with Crippen LogP contribution in [0, 0.1) is 0 Å². The Morgan fingerprint density at radius 1 is 0.419 bits per heavy atom. The van der Waals surface area contributed by atoms with E-state index in [4.69, 9.17) is 58.2 Å². The van der Waals surface area contributed by atoms with Gasteiger partial charge in [-0.25, -0.2) is 0 Å². The molecule has 0 aliphatic carbocycles. The molecule has 1 aliphatic heterocycles. The van der Waals surface area contributed by atoms with Gasteiger partial charge in [-0.1, -0.05) is 22.6 Å². The van der Waals surface area contributed by atoms with Crippen LogP contribution in [0.3, 0.4) is 0 Å². The van der Waals surface area contributed by atoms with E-state index in [-0.39, 0.29) is 31.8 Å². The third-order valence-electron chi connectivity index (χ3n) is 9.57. The molecule has 0 aromatic carbocycles. The van der Waals surface area contributed by atoms with Gasteiger partial charge in [-0.15, -0.1) is 0 Å². The van der Waals surface area contributed by atoms with Crippen LogP contribution in [0.2, 0.25) is 24.2 Å². The molecule has 0 amide bonds. The van der Waals surface area contributed by atoms with Crippen LogP contribution < -0.4 is 10.6 Å². The van der Waals surface area contributed by atoms with Crippen LogP contribution in [0.5, 0.6) is 0 Å². The minimum Gasteiger partial charge on any atom is -0.400 e. The van der Waals surface area contributed by atoms with E-state index in [0.29, 0.717) is 13.1 Å². The Bertz CT molecular complexity index is 790. The van der Waals surface area contributed by atoms with E-state index in [1.54, 1.807) is 85.3 Å². The van der Waals surface area contributed by atoms with Crippen LogP contribution in [-0.4, -0.2) is 250 Å². The number of ether oxygens (including phenoxy) is 1. The SMILES string of the molecule is C1CO1.CI.CO.CO[Si](CCCN(CCO)CCN(CCO)CCC[Si](OC)(OC)OC)(OC)OC.CO[Si](CCCNCCNCCC[Si](OC)(OC)OC)(OC)OC.[V]. The van der Waals surface area contributed by atoms with Gasteiger partial charge in [-0.05, 0) is 56.8 Å². The summed E-state index contributed by atoms with van der Waals surface area (Å²) in [5.41, 5.74) is 0. The number of aliphatic hydroxyl groups excluding tert-OH is 3. The second-order valence-electron chi connectivity index (χ2n) is 12.8. The summed E-state index contributed by atoms with van der Waals surface area (Å²) in [4.78, 5) is 6.39. The normalized spacial score (nSPS) is 12.6. The molecule has 26 heteroatoms. The predicted octanol–water partition coefficient (Wildman–Crippen LogP) is 1.49. The third-order valence-corrected chi connectivity index (χ3v) is 20.9. The average Bonchev–Trinajstić information content (AvgIpc) is 4.22. The molecule has 379 valence electrons. The summed E-state index contributed by atoms with van der Waals surface area (Å²) in [7, 11) is 10.6. The molecule has 0 aromatic rings. The molecule has 0 spiro atoms. The first-order valence-corrected chi connectivity index (χ1v) is 30.5. The summed E-state index contributed by atoms with van der Waals surface area (Å²) in [6.45, 7) is 10.3. The fourth-order valence-corrected chi connectivity index (χ4v) is 12.6. The second-order valence-corrected chi connectivity index (χ2v) is 25.2. The topological polar surface area (TPSA) is 215 Å². The van der Waals surface area contributed by atoms with Crippen molar-refractivity contribution < 1.29 is 91.7 Å². The molecule has 0 saturated carbocycles. The van der Waals surface area contributed by atoms with Gasteiger partial charge in [0, 0.05) is 174 Å². The molecule has 0 aromatic heterocycles. The van der Waals surface area contributed by atoms with Gasteiger partial charge in [-0.3, -0.25) is 9.80 Å². The molecule has 20 nitrogen and oxygen atoms in total. The van der Waals surface area contributed by atoms with Gasteiger partial charge < -0.3 is 83.8 Å². The maximum atomic E-state index is 9.42. The summed E-state index contributed by atoms with van der Waals surface area (Å²) in [5, 5.41) is 32.6. The largest absolute Gasteiger partial charge is 0.500 e. The number of hydrogen-bond acceptors (Lipinski definition) is 20. The standard InChI is InChI=1S/C18H44N2O8Si2.C14H36N2O6Si2.C2H4O.CH3I.CH4O.V/c1-23-29(24-2,25-3)17-7-9-19(13-15-21)11-12-20(14-16-22)10-8-18-30(26-4,27-5)28-6;1-17-23(18-2,19-3)13-7-9-15-11-12-16-10-8-14-24(20-4,21-5)22-6;1-2-3-1;2*1-2;/h21-22H,7-18H2,1-6H3;15-16H,7-14H2,1-6H3;1-2H2;1H3;2H,1H3;. The zero-order valence-electron chi connectivity index (χ0n) is 40.9. The molecule has 0 bridgehead atoms. The van der Waals surface area contributed by atoms with Crippen LogP contribution >= 0.6 is 22.6 Å². The summed E-state index contributed by atoms with van der Waals surface area (Å²) in [6, 6.07) is 3.07. The van der Waals surface area contributed by atoms with Gasteiger partial charge in [0.15, 0.2) is 0 Å². The molecule has 1 radical (unpaired) electrons. The molecular formula is C36H91IN4O16Si4V. The van der Waals surface area contributed by atoms with Gasteiger partial charge >= 0.3 is 35.2 Å². The quantitative estimate of drug-likeness (QED) is 0.0195. The second kappa shape index (κ2) is 50.3. The van der Waals surface area contributed by atoms with Crippen molar-refractivity contribution in [2.24, 2.45) is 0 Å². The van der Waals surface area contributed by atoms with Crippen molar-refractivity contribution in [2.75, 3.05) is 189 Å². The summed E-state index contributed by atoms with van der Waals surface area (Å²) < 4.78 is 69.7. The number of nitrogens with zero attached hydrogens (tertiary/aromatic N) is 2. The fraction of sp³-hybridized carbons (Fsp3) is 1.00. The van der Waals surface area contributed by atoms with Gasteiger partial charge in [0.05, 0.1) is 26.4 Å². The van der Waals surface area contributed by atoms with Gasteiger partial charge in [-0.2, -0.15) is 0 Å². The zero-order valence-corrected chi connectivity index (χ0v) is 48.5. The van der Waals surface area contributed by atoms with Crippen LogP contribution in [0.15, 0.2) is 0 Å². The summed E-state index contributed by atoms with van der Waals surface area (Å²) >= 11 is 2.15. The number of rotatable bonds is 38. The number of nitrogens with one attached hydrogen (secondary N) is 2. The number of epoxide rings is 1. The first-order chi connectivity index (χ1) is 29.5. The fourth-order valence-electron chi connectivity index (χ4n) is 5.79. The van der Waals surface area contributed by atoms with E-state index in [0.717, 1.165) is 123 Å². The molecule has 1 fully saturated rings. The molecule has 1 rings (SSSR count). The van der Waals surface area contributed by atoms with Crippen molar-refractivity contribution in [3.05, 3.63) is 0 Å². The molecule has 5 N–H and O–H groups in total. The monoisotopic (exact) mass is 1130 g/mol. The molecule has 1 aliphatic rings. The molecule has 1 heterocycles. The zero-order chi connectivity index (χ0) is 47.3. The Balaban J connectivity index is -0.000000303. The third kappa shape index (κ3) is 36.4. The number of aliphatic hydroxyl groups is 3. The Labute approximate surface area is 406 Å². The van der Waals surface area contributed by atoms with E-state index >= 15 is 0 Å². The van der Waals surface area contributed by atoms with Crippen LogP contribution in [0.4, 0.5) is 0 Å². The van der Waals surface area contributed by atoms with Gasteiger partial charge in [0.25, 0.3) is 0 Å². The van der Waals surface area contributed by atoms with E-state index in [1.165, 1.54) is 0 Å². The van der Waals surface area contributed by atoms with Crippen LogP contribution in [0.25, 0.3) is 0 Å². The molecule has 0 atom stereocenters. The van der Waals surface area contributed by atoms with Crippen molar-refractivity contribution in [1.29, 1.82) is 0 Å². The number of hydrogen-bond donors (Lipinski definition) is 5. The Morgan fingerprint density at radius 2 is 0.645 bits per heavy atom. The Kier molecular flexibility index (Phi) is 58.7. The molecular weight excluding hydrogens is 1030 g/mol. The van der Waals surface area contributed by atoms with Gasteiger partial charge in [0.2, 0.25) is 0 Å². The van der Waals surface area contributed by atoms with Crippen LogP contribution in [-0.2, 0) is 76.4 Å². The van der Waals surface area contributed by atoms with Gasteiger partial charge in [0.1, 0.15) is 0 Å². The molecule has 0 unspecified atom stereocenters. The maximum Gasteiger partial charge on any atom is 0.500 e. The van der Waals surface area contributed by atoms with Crippen molar-refractivity contribution in [1.82, 2.24) is 20.4 Å². The predicted molar refractivity (Wildman–Crippen MR) is 257 cm³/mol. The first-order valence-electron chi connectivity index (χ1n) is 20.6. The minimum atomic E-state index is -2.58. The maximum absolute atomic E-state index is 9.42. The summed E-state index contributed by atoms with van der Waals surface area (Å²) in [5.74, 6) is 0. The van der Waals surface area contributed by atoms with E-state index in [9.17, 15) is 10.2 Å². The first kappa shape index (κ1) is 72.4. The van der Waals surface area contributed by atoms with Crippen molar-refractivity contribution in [3.63, 3.8) is 0 Å². The van der Waals surface area contributed by atoms with E-state index in [1.807, 2.05) is 4.93 Å². The van der Waals surface area contributed by atoms with Crippen molar-refractivity contribution >= 4 is 57.8 Å². The number of alkyl halides is 1. The van der Waals surface area contributed by atoms with Crippen molar-refractivity contribution in [3.8, 4) is 0 Å². The molecule has 62 heavy (non-hydrogen) atoms. The summed E-state index contributed by atoms with van der Waals surface area (Å²) in [6.07, 6.45) is 3.63. The molecule has 1 saturated heterocycles. The number of halogens is 1. The Morgan fingerprint density at radius 3 is 0.839 bits per heavy atom. The minimum absolute atomic E-state index is 0. The van der Waals surface area contributed by atoms with Crippen molar-refractivity contribution in [2.45, 2.75) is 49.9 Å². The average molecular weight is 1130 g/mol. The van der Waals surface area contributed by atoms with E-state index in [2.05, 4.69) is 47.8 Å². The smallest absolute Gasteiger partial charge is 0.400 e.